The van der Waals surface area contributed by atoms with Crippen LogP contribution in [-0.4, -0.2) is 24.6 Å². The number of hydrazone groups is 1. The molecule has 1 aromatic heterocycles. The van der Waals surface area contributed by atoms with Gasteiger partial charge in [-0.25, -0.2) is 5.43 Å². The van der Waals surface area contributed by atoms with Gasteiger partial charge in [0.2, 0.25) is 0 Å². The van der Waals surface area contributed by atoms with Crippen molar-refractivity contribution in [2.75, 3.05) is 11.9 Å². The highest BCUT2D eigenvalue weighted by atomic mass is 16.5. The van der Waals surface area contributed by atoms with E-state index in [1.165, 1.54) is 18.5 Å². The Morgan fingerprint density at radius 1 is 1.03 bits per heavy atom. The van der Waals surface area contributed by atoms with Gasteiger partial charge < -0.3 is 14.5 Å². The quantitative estimate of drug-likeness (QED) is 0.348. The third-order valence-electron chi connectivity index (χ3n) is 3.79. The molecule has 0 aliphatic rings. The Bertz CT molecular complexity index is 1010. The molecule has 0 atom stereocenters. The van der Waals surface area contributed by atoms with Gasteiger partial charge in [0.1, 0.15) is 12.4 Å². The minimum absolute atomic E-state index is 0.152. The minimum atomic E-state index is -0.456. The van der Waals surface area contributed by atoms with E-state index in [1.54, 1.807) is 48.5 Å². The van der Waals surface area contributed by atoms with E-state index in [1.807, 2.05) is 12.1 Å². The molecular formula is C22H19N3O4. The van der Waals surface area contributed by atoms with Crippen molar-refractivity contribution in [3.05, 3.63) is 96.5 Å². The Morgan fingerprint density at radius 2 is 1.83 bits per heavy atom. The molecule has 2 amide bonds. The van der Waals surface area contributed by atoms with Crippen LogP contribution in [0.1, 0.15) is 26.5 Å². The SMILES string of the molecule is C=CCOc1ccc(/C=N\NC(=O)c2ccccc2NC(=O)c2ccco2)cc1. The van der Waals surface area contributed by atoms with Gasteiger partial charge in [-0.2, -0.15) is 5.10 Å². The topological polar surface area (TPSA) is 92.9 Å². The van der Waals surface area contributed by atoms with Crippen molar-refractivity contribution in [1.82, 2.24) is 5.43 Å². The Kier molecular flexibility index (Phi) is 6.57. The van der Waals surface area contributed by atoms with Crippen LogP contribution in [0.3, 0.4) is 0 Å². The van der Waals surface area contributed by atoms with E-state index in [2.05, 4.69) is 22.4 Å². The summed E-state index contributed by atoms with van der Waals surface area (Å²) in [6.45, 7) is 4.03. The Labute approximate surface area is 167 Å². The maximum atomic E-state index is 12.5. The standard InChI is InChI=1S/C22H19N3O4/c1-2-13-28-17-11-9-16(10-12-17)15-23-25-21(26)18-6-3-4-7-19(18)24-22(27)20-8-5-14-29-20/h2-12,14-15H,1,13H2,(H,24,27)(H,25,26)/b23-15-. The molecule has 0 aliphatic carbocycles. The minimum Gasteiger partial charge on any atom is -0.490 e. The van der Waals surface area contributed by atoms with Crippen LogP contribution in [0.15, 0.2) is 89.1 Å². The van der Waals surface area contributed by atoms with Crippen LogP contribution in [0.4, 0.5) is 5.69 Å². The number of para-hydroxylation sites is 1. The summed E-state index contributed by atoms with van der Waals surface area (Å²) in [6, 6.07) is 17.0. The number of ether oxygens (including phenoxy) is 1. The van der Waals surface area contributed by atoms with Crippen molar-refractivity contribution in [2.45, 2.75) is 0 Å². The normalized spacial score (nSPS) is 10.5. The first-order valence-electron chi connectivity index (χ1n) is 8.78. The van der Waals surface area contributed by atoms with Gasteiger partial charge in [-0.05, 0) is 54.1 Å². The number of nitrogens with zero attached hydrogens (tertiary/aromatic N) is 1. The van der Waals surface area contributed by atoms with Gasteiger partial charge in [0.25, 0.3) is 11.8 Å². The van der Waals surface area contributed by atoms with Crippen molar-refractivity contribution in [2.24, 2.45) is 5.10 Å². The van der Waals surface area contributed by atoms with Gasteiger partial charge in [0, 0.05) is 0 Å². The summed E-state index contributed by atoms with van der Waals surface area (Å²) < 4.78 is 10.5. The van der Waals surface area contributed by atoms with E-state index in [-0.39, 0.29) is 11.3 Å². The average Bonchev–Trinajstić information content (AvgIpc) is 3.28. The zero-order valence-corrected chi connectivity index (χ0v) is 15.5. The molecule has 3 aromatic rings. The molecule has 0 bridgehead atoms. The fraction of sp³-hybridized carbons (Fsp3) is 0.0455. The molecule has 0 saturated carbocycles. The zero-order chi connectivity index (χ0) is 20.5. The van der Waals surface area contributed by atoms with Crippen molar-refractivity contribution in [3.8, 4) is 5.75 Å². The van der Waals surface area contributed by atoms with Crippen LogP contribution in [0.2, 0.25) is 0 Å². The van der Waals surface area contributed by atoms with Gasteiger partial charge in [-0.15, -0.1) is 0 Å². The summed E-state index contributed by atoms with van der Waals surface area (Å²) in [5.41, 5.74) is 3.87. The summed E-state index contributed by atoms with van der Waals surface area (Å²) in [4.78, 5) is 24.6. The molecule has 0 saturated heterocycles. The summed E-state index contributed by atoms with van der Waals surface area (Å²) in [5.74, 6) is -0.0360. The zero-order valence-electron chi connectivity index (χ0n) is 15.5. The molecular weight excluding hydrogens is 370 g/mol. The molecule has 0 radical (unpaired) electrons. The molecule has 7 heteroatoms. The number of carbonyl (C=O) groups is 2. The molecule has 146 valence electrons. The molecule has 7 nitrogen and oxygen atoms in total. The Balaban J connectivity index is 1.62. The van der Waals surface area contributed by atoms with Crippen LogP contribution in [0, 0.1) is 0 Å². The first-order chi connectivity index (χ1) is 14.2. The van der Waals surface area contributed by atoms with E-state index in [9.17, 15) is 9.59 Å². The number of furan rings is 1. The van der Waals surface area contributed by atoms with Gasteiger partial charge in [-0.3, -0.25) is 9.59 Å². The van der Waals surface area contributed by atoms with E-state index in [0.717, 1.165) is 5.56 Å². The molecule has 0 spiro atoms. The lowest BCUT2D eigenvalue weighted by Gasteiger charge is -2.08. The number of hydrogen-bond donors (Lipinski definition) is 2. The number of rotatable bonds is 8. The van der Waals surface area contributed by atoms with Gasteiger partial charge in [0.15, 0.2) is 5.76 Å². The van der Waals surface area contributed by atoms with Crippen LogP contribution in [0.5, 0.6) is 5.75 Å². The Hall–Kier alpha value is -4.13. The third kappa shape index (κ3) is 5.43. The predicted octanol–water partition coefficient (Wildman–Crippen LogP) is 3.86. The fourth-order valence-corrected chi connectivity index (χ4v) is 2.41. The summed E-state index contributed by atoms with van der Waals surface area (Å²) >= 11 is 0. The highest BCUT2D eigenvalue weighted by Gasteiger charge is 2.15. The van der Waals surface area contributed by atoms with E-state index in [0.29, 0.717) is 18.0 Å². The lowest BCUT2D eigenvalue weighted by atomic mass is 10.1. The highest BCUT2D eigenvalue weighted by Crippen LogP contribution is 2.16. The second-order valence-corrected chi connectivity index (χ2v) is 5.84. The third-order valence-corrected chi connectivity index (χ3v) is 3.79. The predicted molar refractivity (Wildman–Crippen MR) is 110 cm³/mol. The molecule has 1 heterocycles. The van der Waals surface area contributed by atoms with Crippen LogP contribution >= 0.6 is 0 Å². The monoisotopic (exact) mass is 389 g/mol. The van der Waals surface area contributed by atoms with E-state index < -0.39 is 11.8 Å². The highest BCUT2D eigenvalue weighted by molar-refractivity contribution is 6.07. The largest absolute Gasteiger partial charge is 0.490 e. The smallest absolute Gasteiger partial charge is 0.291 e. The van der Waals surface area contributed by atoms with Crippen molar-refractivity contribution in [3.63, 3.8) is 0 Å². The van der Waals surface area contributed by atoms with Crippen molar-refractivity contribution < 1.29 is 18.7 Å². The number of nitrogens with one attached hydrogen (secondary N) is 2. The second-order valence-electron chi connectivity index (χ2n) is 5.84. The summed E-state index contributed by atoms with van der Waals surface area (Å²) in [5, 5.41) is 6.63. The molecule has 2 N–H and O–H groups in total. The van der Waals surface area contributed by atoms with E-state index >= 15 is 0 Å². The van der Waals surface area contributed by atoms with E-state index in [4.69, 9.17) is 9.15 Å². The van der Waals surface area contributed by atoms with Gasteiger partial charge in [0.05, 0.1) is 23.7 Å². The van der Waals surface area contributed by atoms with Gasteiger partial charge >= 0.3 is 0 Å². The maximum Gasteiger partial charge on any atom is 0.291 e. The molecule has 2 aromatic carbocycles. The van der Waals surface area contributed by atoms with Gasteiger partial charge in [-0.1, -0.05) is 24.8 Å². The Morgan fingerprint density at radius 3 is 2.55 bits per heavy atom. The number of benzene rings is 2. The fourth-order valence-electron chi connectivity index (χ4n) is 2.41. The molecule has 0 aliphatic heterocycles. The van der Waals surface area contributed by atoms with Crippen molar-refractivity contribution in [1.29, 1.82) is 0 Å². The first kappa shape index (κ1) is 19.6. The number of hydrogen-bond acceptors (Lipinski definition) is 5. The maximum absolute atomic E-state index is 12.5. The van der Waals surface area contributed by atoms with Crippen LogP contribution in [0.25, 0.3) is 0 Å². The number of amides is 2. The lowest BCUT2D eigenvalue weighted by molar-refractivity contribution is 0.0956. The average molecular weight is 389 g/mol. The van der Waals surface area contributed by atoms with Crippen LogP contribution < -0.4 is 15.5 Å². The summed E-state index contributed by atoms with van der Waals surface area (Å²) in [7, 11) is 0. The summed E-state index contributed by atoms with van der Waals surface area (Å²) in [6.07, 6.45) is 4.58. The first-order valence-corrected chi connectivity index (χ1v) is 8.78. The van der Waals surface area contributed by atoms with Crippen LogP contribution in [-0.2, 0) is 0 Å². The molecule has 29 heavy (non-hydrogen) atoms. The van der Waals surface area contributed by atoms with Crippen molar-refractivity contribution >= 4 is 23.7 Å². The molecule has 3 rings (SSSR count). The molecule has 0 unspecified atom stereocenters. The number of carbonyl (C=O) groups excluding carboxylic acids is 2. The molecule has 0 fully saturated rings. The second kappa shape index (κ2) is 9.70. The number of anilines is 1. The lowest BCUT2D eigenvalue weighted by Crippen LogP contribution is -2.21.